The Balaban J connectivity index is 2.08. The van der Waals surface area contributed by atoms with Crippen molar-refractivity contribution in [1.29, 1.82) is 0 Å². The molecule has 2 rings (SSSR count). The number of benzene rings is 1. The topological polar surface area (TPSA) is 53.1 Å². The van der Waals surface area contributed by atoms with Crippen molar-refractivity contribution in [2.24, 2.45) is 5.73 Å². The van der Waals surface area contributed by atoms with Gasteiger partial charge in [-0.05, 0) is 31.5 Å². The maximum atomic E-state index is 5.48. The SMILES string of the molecule is COc1cccc(-c2cn(CCCCN)cn2)c1. The molecule has 1 aromatic carbocycles. The van der Waals surface area contributed by atoms with Crippen LogP contribution >= 0.6 is 0 Å². The number of aryl methyl sites for hydroxylation is 1. The quantitative estimate of drug-likeness (QED) is 0.794. The molecule has 18 heavy (non-hydrogen) atoms. The lowest BCUT2D eigenvalue weighted by atomic mass is 10.1. The number of nitrogens with two attached hydrogens (primary N) is 1. The number of unbranched alkanes of at least 4 members (excludes halogenated alkanes) is 1. The molecule has 4 nitrogen and oxygen atoms in total. The molecule has 0 fully saturated rings. The van der Waals surface area contributed by atoms with Crippen molar-refractivity contribution >= 4 is 0 Å². The molecule has 0 saturated carbocycles. The van der Waals surface area contributed by atoms with Gasteiger partial charge in [0.25, 0.3) is 0 Å². The van der Waals surface area contributed by atoms with Crippen LogP contribution in [-0.2, 0) is 6.54 Å². The van der Waals surface area contributed by atoms with E-state index in [4.69, 9.17) is 10.5 Å². The molecule has 0 amide bonds. The Morgan fingerprint density at radius 2 is 2.22 bits per heavy atom. The maximum absolute atomic E-state index is 5.48. The highest BCUT2D eigenvalue weighted by Gasteiger charge is 2.03. The molecule has 0 aliphatic rings. The van der Waals surface area contributed by atoms with Crippen LogP contribution in [0.1, 0.15) is 12.8 Å². The summed E-state index contributed by atoms with van der Waals surface area (Å²) in [6, 6.07) is 7.94. The summed E-state index contributed by atoms with van der Waals surface area (Å²) in [6.07, 6.45) is 6.06. The lowest BCUT2D eigenvalue weighted by Gasteiger charge is -2.02. The molecule has 2 aromatic rings. The fourth-order valence-electron chi connectivity index (χ4n) is 1.85. The molecule has 0 radical (unpaired) electrons. The molecule has 0 spiro atoms. The van der Waals surface area contributed by atoms with Crippen LogP contribution in [0.15, 0.2) is 36.8 Å². The van der Waals surface area contributed by atoms with Gasteiger partial charge in [0.15, 0.2) is 0 Å². The van der Waals surface area contributed by atoms with E-state index in [1.54, 1.807) is 7.11 Å². The second-order valence-electron chi connectivity index (χ2n) is 4.22. The molecule has 1 aromatic heterocycles. The Labute approximate surface area is 107 Å². The summed E-state index contributed by atoms with van der Waals surface area (Å²) < 4.78 is 7.32. The summed E-state index contributed by atoms with van der Waals surface area (Å²) in [6.45, 7) is 1.71. The molecule has 2 N–H and O–H groups in total. The molecule has 0 bridgehead atoms. The number of aromatic nitrogens is 2. The van der Waals surface area contributed by atoms with Gasteiger partial charge in [-0.1, -0.05) is 12.1 Å². The van der Waals surface area contributed by atoms with Crippen molar-refractivity contribution in [2.45, 2.75) is 19.4 Å². The first-order chi connectivity index (χ1) is 8.83. The van der Waals surface area contributed by atoms with E-state index in [1.807, 2.05) is 30.6 Å². The van der Waals surface area contributed by atoms with Crippen LogP contribution in [-0.4, -0.2) is 23.2 Å². The Bertz CT molecular complexity index is 493. The van der Waals surface area contributed by atoms with E-state index in [-0.39, 0.29) is 0 Å². The predicted octanol–water partition coefficient (Wildman–Crippen LogP) is 2.30. The number of methoxy groups -OCH3 is 1. The van der Waals surface area contributed by atoms with Crippen LogP contribution in [0.3, 0.4) is 0 Å². The van der Waals surface area contributed by atoms with E-state index in [9.17, 15) is 0 Å². The Kier molecular flexibility index (Phi) is 4.36. The van der Waals surface area contributed by atoms with Crippen molar-refractivity contribution in [3.63, 3.8) is 0 Å². The van der Waals surface area contributed by atoms with Crippen molar-refractivity contribution in [2.75, 3.05) is 13.7 Å². The highest BCUT2D eigenvalue weighted by atomic mass is 16.5. The van der Waals surface area contributed by atoms with E-state index in [2.05, 4.69) is 15.7 Å². The van der Waals surface area contributed by atoms with Crippen molar-refractivity contribution in [3.8, 4) is 17.0 Å². The van der Waals surface area contributed by atoms with E-state index in [0.717, 1.165) is 42.9 Å². The van der Waals surface area contributed by atoms with Crippen molar-refractivity contribution in [1.82, 2.24) is 9.55 Å². The molecular weight excluding hydrogens is 226 g/mol. The van der Waals surface area contributed by atoms with Gasteiger partial charge in [-0.25, -0.2) is 4.98 Å². The zero-order valence-electron chi connectivity index (χ0n) is 10.7. The van der Waals surface area contributed by atoms with Crippen LogP contribution < -0.4 is 10.5 Å². The predicted molar refractivity (Wildman–Crippen MR) is 72.5 cm³/mol. The Hall–Kier alpha value is -1.81. The van der Waals surface area contributed by atoms with Gasteiger partial charge in [0, 0.05) is 18.3 Å². The number of ether oxygens (including phenoxy) is 1. The monoisotopic (exact) mass is 245 g/mol. The molecule has 0 atom stereocenters. The average molecular weight is 245 g/mol. The molecule has 96 valence electrons. The first-order valence-electron chi connectivity index (χ1n) is 6.20. The van der Waals surface area contributed by atoms with Crippen LogP contribution in [0, 0.1) is 0 Å². The summed E-state index contributed by atoms with van der Waals surface area (Å²) in [5.41, 5.74) is 7.53. The van der Waals surface area contributed by atoms with Crippen molar-refractivity contribution < 1.29 is 4.74 Å². The highest BCUT2D eigenvalue weighted by molar-refractivity contribution is 5.60. The number of imidazole rings is 1. The fourth-order valence-corrected chi connectivity index (χ4v) is 1.85. The molecule has 0 aliphatic carbocycles. The zero-order chi connectivity index (χ0) is 12.8. The van der Waals surface area contributed by atoms with E-state index in [0.29, 0.717) is 0 Å². The number of rotatable bonds is 6. The van der Waals surface area contributed by atoms with Gasteiger partial charge in [0.1, 0.15) is 5.75 Å². The smallest absolute Gasteiger partial charge is 0.119 e. The molecule has 0 saturated heterocycles. The first-order valence-corrected chi connectivity index (χ1v) is 6.20. The molecule has 1 heterocycles. The van der Waals surface area contributed by atoms with Gasteiger partial charge in [0.05, 0.1) is 19.1 Å². The third-order valence-electron chi connectivity index (χ3n) is 2.87. The lowest BCUT2D eigenvalue weighted by Crippen LogP contribution is -2.01. The van der Waals surface area contributed by atoms with Crippen LogP contribution in [0.25, 0.3) is 11.3 Å². The van der Waals surface area contributed by atoms with E-state index < -0.39 is 0 Å². The summed E-state index contributed by atoms with van der Waals surface area (Å²) in [5.74, 6) is 0.852. The largest absolute Gasteiger partial charge is 0.497 e. The minimum absolute atomic E-state index is 0.747. The Morgan fingerprint density at radius 1 is 1.33 bits per heavy atom. The van der Waals surface area contributed by atoms with E-state index >= 15 is 0 Å². The minimum atomic E-state index is 0.747. The summed E-state index contributed by atoms with van der Waals surface area (Å²) in [5, 5.41) is 0. The van der Waals surface area contributed by atoms with Crippen molar-refractivity contribution in [3.05, 3.63) is 36.8 Å². The van der Waals surface area contributed by atoms with Gasteiger partial charge in [-0.3, -0.25) is 0 Å². The molecule has 4 heteroatoms. The second kappa shape index (κ2) is 6.21. The summed E-state index contributed by atoms with van der Waals surface area (Å²) in [7, 11) is 1.67. The maximum Gasteiger partial charge on any atom is 0.119 e. The van der Waals surface area contributed by atoms with Crippen LogP contribution in [0.4, 0.5) is 0 Å². The third-order valence-corrected chi connectivity index (χ3v) is 2.87. The second-order valence-corrected chi connectivity index (χ2v) is 4.22. The minimum Gasteiger partial charge on any atom is -0.497 e. The zero-order valence-corrected chi connectivity index (χ0v) is 10.7. The molecular formula is C14H19N3O. The number of hydrogen-bond donors (Lipinski definition) is 1. The highest BCUT2D eigenvalue weighted by Crippen LogP contribution is 2.22. The third kappa shape index (κ3) is 3.11. The molecule has 0 unspecified atom stereocenters. The van der Waals surface area contributed by atoms with Gasteiger partial charge < -0.3 is 15.0 Å². The standard InChI is InChI=1S/C14H19N3O/c1-18-13-6-4-5-12(9-13)14-10-17(11-16-14)8-3-2-7-15/h4-6,9-11H,2-3,7-8,15H2,1H3. The van der Waals surface area contributed by atoms with Gasteiger partial charge >= 0.3 is 0 Å². The fraction of sp³-hybridized carbons (Fsp3) is 0.357. The molecule has 0 aliphatic heterocycles. The normalized spacial score (nSPS) is 10.6. The summed E-state index contributed by atoms with van der Waals surface area (Å²) in [4.78, 5) is 4.42. The van der Waals surface area contributed by atoms with Crippen LogP contribution in [0.2, 0.25) is 0 Å². The van der Waals surface area contributed by atoms with Gasteiger partial charge in [-0.15, -0.1) is 0 Å². The summed E-state index contributed by atoms with van der Waals surface area (Å²) >= 11 is 0. The number of hydrogen-bond acceptors (Lipinski definition) is 3. The number of nitrogens with zero attached hydrogens (tertiary/aromatic N) is 2. The lowest BCUT2D eigenvalue weighted by molar-refractivity contribution is 0.415. The van der Waals surface area contributed by atoms with E-state index in [1.165, 1.54) is 0 Å². The van der Waals surface area contributed by atoms with Crippen LogP contribution in [0.5, 0.6) is 5.75 Å². The average Bonchev–Trinajstić information content (AvgIpc) is 2.88. The first kappa shape index (κ1) is 12.6. The van der Waals surface area contributed by atoms with Gasteiger partial charge in [-0.2, -0.15) is 0 Å². The van der Waals surface area contributed by atoms with Gasteiger partial charge in [0.2, 0.25) is 0 Å². The Morgan fingerprint density at radius 3 is 3.00 bits per heavy atom.